The molecule has 0 aliphatic carbocycles. The Balaban J connectivity index is 2.11. The number of nitrogens with zero attached hydrogens (tertiary/aromatic N) is 1. The van der Waals surface area contributed by atoms with E-state index in [1.54, 1.807) is 25.4 Å². The topological polar surface area (TPSA) is 34.0 Å². The van der Waals surface area contributed by atoms with Gasteiger partial charge in [-0.3, -0.25) is 4.79 Å². The van der Waals surface area contributed by atoms with Crippen LogP contribution in [-0.2, 0) is 13.6 Å². The van der Waals surface area contributed by atoms with Gasteiger partial charge in [-0.1, -0.05) is 23.2 Å². The van der Waals surface area contributed by atoms with Crippen LogP contribution >= 0.6 is 23.2 Å². The number of aromatic nitrogens is 1. The van der Waals surface area contributed by atoms with Crippen molar-refractivity contribution in [2.75, 3.05) is 5.32 Å². The highest BCUT2D eigenvalue weighted by molar-refractivity contribution is 6.34. The van der Waals surface area contributed by atoms with Gasteiger partial charge in [-0.2, -0.15) is 0 Å². The maximum absolute atomic E-state index is 11.2. The van der Waals surface area contributed by atoms with Crippen LogP contribution in [0.4, 0.5) is 5.69 Å². The van der Waals surface area contributed by atoms with Crippen molar-refractivity contribution in [3.63, 3.8) is 0 Å². The van der Waals surface area contributed by atoms with Gasteiger partial charge in [0.1, 0.15) is 0 Å². The first-order valence-corrected chi connectivity index (χ1v) is 6.16. The standard InChI is InChI=1S/C13H12Cl2N2O/c1-17-8-12(2-3-13(17)18)16-7-9-4-10(14)6-11(15)5-9/h2-6,8,16H,7H2,1H3. The van der Waals surface area contributed by atoms with Crippen molar-refractivity contribution >= 4 is 28.9 Å². The zero-order valence-electron chi connectivity index (χ0n) is 9.78. The number of pyridine rings is 1. The van der Waals surface area contributed by atoms with Crippen molar-refractivity contribution in [2.45, 2.75) is 6.54 Å². The summed E-state index contributed by atoms with van der Waals surface area (Å²) in [5.74, 6) is 0. The molecular formula is C13H12Cl2N2O. The summed E-state index contributed by atoms with van der Waals surface area (Å²) >= 11 is 11.8. The molecule has 0 bridgehead atoms. The molecule has 0 spiro atoms. The van der Waals surface area contributed by atoms with E-state index in [2.05, 4.69) is 5.32 Å². The van der Waals surface area contributed by atoms with Crippen molar-refractivity contribution in [2.24, 2.45) is 7.05 Å². The molecule has 1 aromatic heterocycles. The maximum atomic E-state index is 11.2. The third-order valence-electron chi connectivity index (χ3n) is 2.50. The number of hydrogen-bond donors (Lipinski definition) is 1. The summed E-state index contributed by atoms with van der Waals surface area (Å²) in [4.78, 5) is 11.2. The van der Waals surface area contributed by atoms with Crippen LogP contribution in [0.2, 0.25) is 10.0 Å². The normalized spacial score (nSPS) is 10.4. The Morgan fingerprint density at radius 2 is 1.83 bits per heavy atom. The molecule has 0 atom stereocenters. The molecule has 1 heterocycles. The summed E-state index contributed by atoms with van der Waals surface area (Å²) in [6, 6.07) is 8.66. The van der Waals surface area contributed by atoms with E-state index in [0.717, 1.165) is 11.3 Å². The second kappa shape index (κ2) is 5.46. The quantitative estimate of drug-likeness (QED) is 0.937. The second-order valence-electron chi connectivity index (χ2n) is 4.00. The first kappa shape index (κ1) is 13.0. The number of rotatable bonds is 3. The number of nitrogens with one attached hydrogen (secondary N) is 1. The third-order valence-corrected chi connectivity index (χ3v) is 2.94. The van der Waals surface area contributed by atoms with E-state index in [9.17, 15) is 4.79 Å². The van der Waals surface area contributed by atoms with Gasteiger partial charge in [-0.15, -0.1) is 0 Å². The number of halogens is 2. The molecule has 0 fully saturated rings. The first-order chi connectivity index (χ1) is 8.54. The van der Waals surface area contributed by atoms with Gasteiger partial charge < -0.3 is 9.88 Å². The fourth-order valence-electron chi connectivity index (χ4n) is 1.62. The average molecular weight is 283 g/mol. The van der Waals surface area contributed by atoms with Crippen LogP contribution in [0.5, 0.6) is 0 Å². The highest BCUT2D eigenvalue weighted by Gasteiger charge is 1.99. The van der Waals surface area contributed by atoms with E-state index in [0.29, 0.717) is 16.6 Å². The highest BCUT2D eigenvalue weighted by atomic mass is 35.5. The minimum absolute atomic E-state index is 0.0358. The fourth-order valence-corrected chi connectivity index (χ4v) is 2.19. The van der Waals surface area contributed by atoms with Gasteiger partial charge in [0.15, 0.2) is 0 Å². The summed E-state index contributed by atoms with van der Waals surface area (Å²) in [5, 5.41) is 4.43. The lowest BCUT2D eigenvalue weighted by molar-refractivity contribution is 0.859. The summed E-state index contributed by atoms with van der Waals surface area (Å²) in [6.45, 7) is 0.596. The molecule has 0 aliphatic heterocycles. The third kappa shape index (κ3) is 3.28. The van der Waals surface area contributed by atoms with Gasteiger partial charge in [-0.05, 0) is 29.8 Å². The monoisotopic (exact) mass is 282 g/mol. The molecule has 3 nitrogen and oxygen atoms in total. The van der Waals surface area contributed by atoms with E-state index < -0.39 is 0 Å². The highest BCUT2D eigenvalue weighted by Crippen LogP contribution is 2.19. The maximum Gasteiger partial charge on any atom is 0.250 e. The van der Waals surface area contributed by atoms with E-state index in [4.69, 9.17) is 23.2 Å². The molecule has 5 heteroatoms. The van der Waals surface area contributed by atoms with Crippen molar-refractivity contribution < 1.29 is 0 Å². The van der Waals surface area contributed by atoms with Crippen LogP contribution in [-0.4, -0.2) is 4.57 Å². The molecule has 1 aromatic carbocycles. The van der Waals surface area contributed by atoms with Crippen LogP contribution in [0.15, 0.2) is 41.3 Å². The van der Waals surface area contributed by atoms with E-state index in [1.165, 1.54) is 10.6 Å². The molecule has 0 saturated carbocycles. The Morgan fingerprint density at radius 1 is 1.17 bits per heavy atom. The number of hydrogen-bond acceptors (Lipinski definition) is 2. The Kier molecular flexibility index (Phi) is 3.94. The average Bonchev–Trinajstić information content (AvgIpc) is 2.29. The lowest BCUT2D eigenvalue weighted by Crippen LogP contribution is -2.15. The smallest absolute Gasteiger partial charge is 0.250 e. The van der Waals surface area contributed by atoms with Gasteiger partial charge in [0.25, 0.3) is 0 Å². The number of anilines is 1. The second-order valence-corrected chi connectivity index (χ2v) is 4.87. The van der Waals surface area contributed by atoms with Gasteiger partial charge in [0.2, 0.25) is 5.56 Å². The fraction of sp³-hybridized carbons (Fsp3) is 0.154. The predicted molar refractivity (Wildman–Crippen MR) is 75.5 cm³/mol. The Morgan fingerprint density at radius 3 is 2.44 bits per heavy atom. The lowest BCUT2D eigenvalue weighted by atomic mass is 10.2. The Bertz CT molecular complexity index is 602. The van der Waals surface area contributed by atoms with Crippen LogP contribution < -0.4 is 10.9 Å². The van der Waals surface area contributed by atoms with Crippen LogP contribution in [0.3, 0.4) is 0 Å². The summed E-state index contributed by atoms with van der Waals surface area (Å²) < 4.78 is 1.52. The first-order valence-electron chi connectivity index (χ1n) is 5.40. The summed E-state index contributed by atoms with van der Waals surface area (Å²) in [5.41, 5.74) is 1.82. The molecule has 94 valence electrons. The van der Waals surface area contributed by atoms with E-state index >= 15 is 0 Å². The predicted octanol–water partition coefficient (Wildman–Crippen LogP) is 3.30. The largest absolute Gasteiger partial charge is 0.380 e. The van der Waals surface area contributed by atoms with E-state index in [-0.39, 0.29) is 5.56 Å². The minimum Gasteiger partial charge on any atom is -0.380 e. The zero-order chi connectivity index (χ0) is 13.1. The Hall–Kier alpha value is -1.45. The number of benzene rings is 1. The van der Waals surface area contributed by atoms with Gasteiger partial charge in [0.05, 0.1) is 5.69 Å². The molecule has 0 radical (unpaired) electrons. The van der Waals surface area contributed by atoms with E-state index in [1.807, 2.05) is 12.1 Å². The molecule has 0 unspecified atom stereocenters. The molecule has 18 heavy (non-hydrogen) atoms. The molecule has 0 aliphatic rings. The van der Waals surface area contributed by atoms with Crippen molar-refractivity contribution in [1.29, 1.82) is 0 Å². The summed E-state index contributed by atoms with van der Waals surface area (Å²) in [7, 11) is 1.71. The van der Waals surface area contributed by atoms with Crippen molar-refractivity contribution in [3.05, 3.63) is 62.5 Å². The zero-order valence-corrected chi connectivity index (χ0v) is 11.3. The van der Waals surface area contributed by atoms with Crippen LogP contribution in [0.25, 0.3) is 0 Å². The van der Waals surface area contributed by atoms with Gasteiger partial charge in [0, 0.05) is 35.9 Å². The van der Waals surface area contributed by atoms with Crippen LogP contribution in [0, 0.1) is 0 Å². The molecule has 1 N–H and O–H groups in total. The molecule has 2 rings (SSSR count). The molecular weight excluding hydrogens is 271 g/mol. The van der Waals surface area contributed by atoms with Crippen molar-refractivity contribution in [1.82, 2.24) is 4.57 Å². The SMILES string of the molecule is Cn1cc(NCc2cc(Cl)cc(Cl)c2)ccc1=O. The van der Waals surface area contributed by atoms with Crippen LogP contribution in [0.1, 0.15) is 5.56 Å². The molecule has 2 aromatic rings. The lowest BCUT2D eigenvalue weighted by Gasteiger charge is -2.08. The van der Waals surface area contributed by atoms with Crippen molar-refractivity contribution in [3.8, 4) is 0 Å². The Labute approximate surface area is 115 Å². The minimum atomic E-state index is -0.0358. The van der Waals surface area contributed by atoms with Gasteiger partial charge >= 0.3 is 0 Å². The molecule has 0 amide bonds. The van der Waals surface area contributed by atoms with Gasteiger partial charge in [-0.25, -0.2) is 0 Å². The molecule has 0 saturated heterocycles. The summed E-state index contributed by atoms with van der Waals surface area (Å²) in [6.07, 6.45) is 1.74. The number of aryl methyl sites for hydroxylation is 1.